The molecule has 0 saturated heterocycles. The zero-order chi connectivity index (χ0) is 11.4. The van der Waals surface area contributed by atoms with E-state index in [1.165, 1.54) is 12.1 Å². The van der Waals surface area contributed by atoms with E-state index >= 15 is 0 Å². The molecule has 0 N–H and O–H groups in total. The molecule has 0 bridgehead atoms. The summed E-state index contributed by atoms with van der Waals surface area (Å²) in [6, 6.07) is 10.3. The summed E-state index contributed by atoms with van der Waals surface area (Å²) in [5.74, 6) is 1.53. The second-order valence-corrected chi connectivity index (χ2v) is 3.61. The first-order valence-corrected chi connectivity index (χ1v) is 5.24. The number of hydrogen-bond donors (Lipinski definition) is 0. The van der Waals surface area contributed by atoms with E-state index in [2.05, 4.69) is 0 Å². The smallest absolute Gasteiger partial charge is 0.126 e. The van der Waals surface area contributed by atoms with Crippen LogP contribution in [0.25, 0.3) is 6.08 Å². The largest absolute Gasteiger partial charge is 0.461 e. The zero-order valence-electron chi connectivity index (χ0n) is 9.11. The summed E-state index contributed by atoms with van der Waals surface area (Å²) in [7, 11) is 0. The lowest BCUT2D eigenvalue weighted by molar-refractivity contribution is 0.512. The summed E-state index contributed by atoms with van der Waals surface area (Å²) in [5.41, 5.74) is 1.04. The minimum Gasteiger partial charge on any atom is -0.461 e. The Labute approximate surface area is 94.2 Å². The minimum atomic E-state index is -0.210. The highest BCUT2D eigenvalue weighted by Crippen LogP contribution is 2.14. The molecule has 0 fully saturated rings. The molecule has 1 nitrogen and oxygen atoms in total. The standard InChI is InChI=1S/C14H13FO/c1-2-3-13-8-9-14(16-13)10-11-4-6-12(15)7-5-11/h2-9H,10H2,1H3/b3-2+. The molecule has 0 radical (unpaired) electrons. The molecule has 2 aromatic rings. The molecule has 2 heteroatoms. The molecule has 1 aromatic carbocycles. The monoisotopic (exact) mass is 216 g/mol. The molecule has 0 atom stereocenters. The van der Waals surface area contributed by atoms with Crippen molar-refractivity contribution in [1.29, 1.82) is 0 Å². The number of halogens is 1. The van der Waals surface area contributed by atoms with Crippen molar-refractivity contribution in [3.8, 4) is 0 Å². The number of benzene rings is 1. The summed E-state index contributed by atoms with van der Waals surface area (Å²) in [6.07, 6.45) is 4.53. The van der Waals surface area contributed by atoms with Gasteiger partial charge in [-0.3, -0.25) is 0 Å². The first kappa shape index (κ1) is 10.7. The highest BCUT2D eigenvalue weighted by Gasteiger charge is 2.01. The number of hydrogen-bond acceptors (Lipinski definition) is 1. The molecule has 0 amide bonds. The van der Waals surface area contributed by atoms with Gasteiger partial charge in [-0.2, -0.15) is 0 Å². The van der Waals surface area contributed by atoms with Crippen LogP contribution in [0.5, 0.6) is 0 Å². The molecule has 2 rings (SSSR count). The summed E-state index contributed by atoms with van der Waals surface area (Å²) in [5, 5.41) is 0. The van der Waals surface area contributed by atoms with E-state index in [1.807, 2.05) is 31.2 Å². The van der Waals surface area contributed by atoms with Gasteiger partial charge in [-0.1, -0.05) is 18.2 Å². The Kier molecular flexibility index (Phi) is 3.20. The summed E-state index contributed by atoms with van der Waals surface area (Å²) in [4.78, 5) is 0. The molecule has 0 saturated carbocycles. The van der Waals surface area contributed by atoms with Crippen molar-refractivity contribution in [2.45, 2.75) is 13.3 Å². The zero-order valence-corrected chi connectivity index (χ0v) is 9.11. The fourth-order valence-electron chi connectivity index (χ4n) is 1.55. The molecule has 0 aliphatic heterocycles. The molecule has 0 unspecified atom stereocenters. The van der Waals surface area contributed by atoms with Crippen molar-refractivity contribution < 1.29 is 8.81 Å². The average molecular weight is 216 g/mol. The molecule has 82 valence electrons. The Hall–Kier alpha value is -1.83. The SMILES string of the molecule is C/C=C/c1ccc(Cc2ccc(F)cc2)o1. The molecule has 1 aromatic heterocycles. The Morgan fingerprint density at radius 1 is 1.12 bits per heavy atom. The van der Waals surface area contributed by atoms with Gasteiger partial charge in [0.1, 0.15) is 17.3 Å². The minimum absolute atomic E-state index is 0.210. The third-order valence-electron chi connectivity index (χ3n) is 2.30. The van der Waals surface area contributed by atoms with Crippen LogP contribution in [-0.2, 0) is 6.42 Å². The van der Waals surface area contributed by atoms with Gasteiger partial charge >= 0.3 is 0 Å². The van der Waals surface area contributed by atoms with E-state index in [9.17, 15) is 4.39 Å². The maximum absolute atomic E-state index is 12.7. The van der Waals surface area contributed by atoms with Crippen molar-refractivity contribution >= 4 is 6.08 Å². The van der Waals surface area contributed by atoms with Crippen molar-refractivity contribution in [1.82, 2.24) is 0 Å². The van der Waals surface area contributed by atoms with Crippen LogP contribution < -0.4 is 0 Å². The quantitative estimate of drug-likeness (QED) is 0.754. The van der Waals surface area contributed by atoms with Crippen LogP contribution in [0.1, 0.15) is 24.0 Å². The molecule has 1 heterocycles. The molecule has 16 heavy (non-hydrogen) atoms. The third-order valence-corrected chi connectivity index (χ3v) is 2.30. The first-order valence-electron chi connectivity index (χ1n) is 5.24. The Bertz CT molecular complexity index is 480. The molecule has 0 spiro atoms. The van der Waals surface area contributed by atoms with Gasteiger partial charge in [0.25, 0.3) is 0 Å². The van der Waals surface area contributed by atoms with Gasteiger partial charge in [-0.05, 0) is 42.8 Å². The van der Waals surface area contributed by atoms with Crippen LogP contribution in [-0.4, -0.2) is 0 Å². The Morgan fingerprint density at radius 2 is 1.88 bits per heavy atom. The average Bonchev–Trinajstić information content (AvgIpc) is 2.70. The Morgan fingerprint density at radius 3 is 2.56 bits per heavy atom. The fourth-order valence-corrected chi connectivity index (χ4v) is 1.55. The maximum atomic E-state index is 12.7. The molecule has 0 aliphatic carbocycles. The maximum Gasteiger partial charge on any atom is 0.126 e. The van der Waals surface area contributed by atoms with Crippen molar-refractivity contribution in [3.05, 3.63) is 65.4 Å². The van der Waals surface area contributed by atoms with Crippen LogP contribution in [0, 0.1) is 5.82 Å². The first-order chi connectivity index (χ1) is 7.78. The highest BCUT2D eigenvalue weighted by atomic mass is 19.1. The topological polar surface area (TPSA) is 13.1 Å². The summed E-state index contributed by atoms with van der Waals surface area (Å²) in [6.45, 7) is 1.95. The fraction of sp³-hybridized carbons (Fsp3) is 0.143. The van der Waals surface area contributed by atoms with Crippen LogP contribution >= 0.6 is 0 Å². The molecular weight excluding hydrogens is 203 g/mol. The summed E-state index contributed by atoms with van der Waals surface area (Å²) < 4.78 is 18.3. The van der Waals surface area contributed by atoms with Gasteiger partial charge in [0.15, 0.2) is 0 Å². The number of allylic oxidation sites excluding steroid dienone is 1. The van der Waals surface area contributed by atoms with Crippen molar-refractivity contribution in [2.24, 2.45) is 0 Å². The van der Waals surface area contributed by atoms with E-state index in [0.29, 0.717) is 6.42 Å². The number of rotatable bonds is 3. The lowest BCUT2D eigenvalue weighted by Crippen LogP contribution is -1.85. The Balaban J connectivity index is 2.11. The van der Waals surface area contributed by atoms with Crippen molar-refractivity contribution in [3.63, 3.8) is 0 Å². The van der Waals surface area contributed by atoms with Crippen LogP contribution in [0.2, 0.25) is 0 Å². The highest BCUT2D eigenvalue weighted by molar-refractivity contribution is 5.42. The van der Waals surface area contributed by atoms with Gasteiger partial charge in [-0.15, -0.1) is 0 Å². The second kappa shape index (κ2) is 4.79. The van der Waals surface area contributed by atoms with Crippen LogP contribution in [0.4, 0.5) is 4.39 Å². The molecular formula is C14H13FO. The van der Waals surface area contributed by atoms with Gasteiger partial charge < -0.3 is 4.42 Å². The molecule has 0 aliphatic rings. The third kappa shape index (κ3) is 2.60. The summed E-state index contributed by atoms with van der Waals surface area (Å²) >= 11 is 0. The van der Waals surface area contributed by atoms with E-state index in [4.69, 9.17) is 4.42 Å². The predicted molar refractivity (Wildman–Crippen MR) is 62.6 cm³/mol. The van der Waals surface area contributed by atoms with Gasteiger partial charge in [0.05, 0.1) is 0 Å². The second-order valence-electron chi connectivity index (χ2n) is 3.61. The van der Waals surface area contributed by atoms with E-state index in [1.54, 1.807) is 12.1 Å². The van der Waals surface area contributed by atoms with Crippen molar-refractivity contribution in [2.75, 3.05) is 0 Å². The van der Waals surface area contributed by atoms with Gasteiger partial charge in [-0.25, -0.2) is 4.39 Å². The van der Waals surface area contributed by atoms with Crippen LogP contribution in [0.3, 0.4) is 0 Å². The lowest BCUT2D eigenvalue weighted by Gasteiger charge is -1.97. The van der Waals surface area contributed by atoms with Crippen LogP contribution in [0.15, 0.2) is 46.9 Å². The lowest BCUT2D eigenvalue weighted by atomic mass is 10.1. The predicted octanol–water partition coefficient (Wildman–Crippen LogP) is 4.04. The van der Waals surface area contributed by atoms with Gasteiger partial charge in [0, 0.05) is 6.42 Å². The number of furan rings is 1. The normalized spacial score (nSPS) is 11.1. The van der Waals surface area contributed by atoms with Gasteiger partial charge in [0.2, 0.25) is 0 Å². The van der Waals surface area contributed by atoms with E-state index in [0.717, 1.165) is 17.1 Å². The van der Waals surface area contributed by atoms with E-state index in [-0.39, 0.29) is 5.82 Å². The van der Waals surface area contributed by atoms with E-state index < -0.39 is 0 Å².